The molecule has 3 heterocycles. The Morgan fingerprint density at radius 3 is 2.63 bits per heavy atom. The Labute approximate surface area is 164 Å². The highest BCUT2D eigenvalue weighted by molar-refractivity contribution is 9.10. The zero-order valence-electron chi connectivity index (χ0n) is 14.8. The van der Waals surface area contributed by atoms with E-state index < -0.39 is 6.43 Å². The summed E-state index contributed by atoms with van der Waals surface area (Å²) >= 11 is 3.26. The van der Waals surface area contributed by atoms with Gasteiger partial charge in [-0.15, -0.1) is 0 Å². The van der Waals surface area contributed by atoms with E-state index in [4.69, 9.17) is 4.42 Å². The third-order valence-corrected chi connectivity index (χ3v) is 5.91. The smallest absolute Gasteiger partial charge is 0.283 e. The lowest BCUT2D eigenvalue weighted by molar-refractivity contribution is -0.133. The number of carbonyl (C=O) groups is 1. The van der Waals surface area contributed by atoms with Gasteiger partial charge in [0, 0.05) is 32.1 Å². The number of furan rings is 1. The van der Waals surface area contributed by atoms with Gasteiger partial charge in [-0.25, -0.2) is 8.78 Å². The van der Waals surface area contributed by atoms with Gasteiger partial charge in [-0.3, -0.25) is 14.4 Å². The maximum atomic E-state index is 13.2. The molecule has 27 heavy (non-hydrogen) atoms. The van der Waals surface area contributed by atoms with Crippen molar-refractivity contribution in [3.8, 4) is 0 Å². The third-order valence-electron chi connectivity index (χ3n) is 5.10. The second-order valence-corrected chi connectivity index (χ2v) is 7.85. The Morgan fingerprint density at radius 1 is 1.30 bits per heavy atom. The van der Waals surface area contributed by atoms with Gasteiger partial charge in [0.2, 0.25) is 5.91 Å². The summed E-state index contributed by atoms with van der Waals surface area (Å²) in [6.45, 7) is 3.48. The van der Waals surface area contributed by atoms with Crippen LogP contribution < -0.4 is 0 Å². The molecule has 0 bridgehead atoms. The summed E-state index contributed by atoms with van der Waals surface area (Å²) in [7, 11) is 0. The lowest BCUT2D eigenvalue weighted by atomic mass is 10.2. The first-order valence-corrected chi connectivity index (χ1v) is 9.89. The molecule has 2 fully saturated rings. The minimum atomic E-state index is -2.65. The standard InChI is InChI=1S/C18H21BrF2N4O2/c19-15-16(18(20)21)22-25(17(15)12-3-4-12)11-14(26)24-7-5-23(6-8-24)10-13-2-1-9-27-13/h1-2,9,12,18H,3-8,10-11H2. The van der Waals surface area contributed by atoms with Crippen LogP contribution in [-0.2, 0) is 17.9 Å². The van der Waals surface area contributed by atoms with Gasteiger partial charge in [0.25, 0.3) is 6.43 Å². The first kappa shape index (κ1) is 18.6. The number of alkyl halides is 2. The van der Waals surface area contributed by atoms with Crippen LogP contribution in [0.25, 0.3) is 0 Å². The Kier molecular flexibility index (Phi) is 5.32. The van der Waals surface area contributed by atoms with Crippen molar-refractivity contribution in [3.63, 3.8) is 0 Å². The summed E-state index contributed by atoms with van der Waals surface area (Å²) < 4.78 is 33.6. The van der Waals surface area contributed by atoms with Crippen molar-refractivity contribution in [2.24, 2.45) is 0 Å². The molecule has 1 saturated carbocycles. The van der Waals surface area contributed by atoms with Crippen molar-refractivity contribution in [1.29, 1.82) is 0 Å². The van der Waals surface area contributed by atoms with E-state index in [1.54, 1.807) is 11.2 Å². The minimum absolute atomic E-state index is 0.00926. The monoisotopic (exact) mass is 442 g/mol. The van der Waals surface area contributed by atoms with Crippen LogP contribution in [0.1, 0.15) is 42.3 Å². The van der Waals surface area contributed by atoms with E-state index in [1.807, 2.05) is 12.1 Å². The van der Waals surface area contributed by atoms with Crippen molar-refractivity contribution in [1.82, 2.24) is 19.6 Å². The van der Waals surface area contributed by atoms with Crippen LogP contribution in [0, 0.1) is 0 Å². The van der Waals surface area contributed by atoms with Gasteiger partial charge in [0.05, 0.1) is 23.0 Å². The zero-order valence-corrected chi connectivity index (χ0v) is 16.4. The highest BCUT2D eigenvalue weighted by Gasteiger charge is 2.34. The van der Waals surface area contributed by atoms with Crippen molar-refractivity contribution in [2.45, 2.75) is 38.3 Å². The minimum Gasteiger partial charge on any atom is -0.468 e. The highest BCUT2D eigenvalue weighted by Crippen LogP contribution is 2.45. The molecule has 0 atom stereocenters. The van der Waals surface area contributed by atoms with E-state index in [2.05, 4.69) is 25.9 Å². The summed E-state index contributed by atoms with van der Waals surface area (Å²) in [5.41, 5.74) is 0.461. The average molecular weight is 443 g/mol. The number of hydrogen-bond acceptors (Lipinski definition) is 4. The molecule has 2 aliphatic rings. The van der Waals surface area contributed by atoms with Crippen LogP contribution in [0.2, 0.25) is 0 Å². The van der Waals surface area contributed by atoms with E-state index in [-0.39, 0.29) is 24.1 Å². The molecule has 4 rings (SSSR count). The molecule has 1 aliphatic carbocycles. The molecule has 2 aromatic rings. The van der Waals surface area contributed by atoms with Crippen LogP contribution in [0.3, 0.4) is 0 Å². The van der Waals surface area contributed by atoms with E-state index in [1.165, 1.54) is 4.68 Å². The van der Waals surface area contributed by atoms with Crippen LogP contribution in [0.15, 0.2) is 27.3 Å². The molecule has 0 N–H and O–H groups in total. The van der Waals surface area contributed by atoms with E-state index in [9.17, 15) is 13.6 Å². The number of rotatable bonds is 6. The van der Waals surface area contributed by atoms with Crippen molar-refractivity contribution < 1.29 is 18.0 Å². The predicted octanol–water partition coefficient (Wildman–Crippen LogP) is 3.40. The second kappa shape index (κ2) is 7.71. The molecule has 1 aliphatic heterocycles. The maximum absolute atomic E-state index is 13.2. The van der Waals surface area contributed by atoms with Crippen molar-refractivity contribution in [2.75, 3.05) is 26.2 Å². The number of nitrogens with zero attached hydrogens (tertiary/aromatic N) is 4. The Bertz CT molecular complexity index is 797. The van der Waals surface area contributed by atoms with E-state index in [0.29, 0.717) is 17.6 Å². The number of carbonyl (C=O) groups excluding carboxylic acids is 1. The Hall–Kier alpha value is -1.74. The fourth-order valence-electron chi connectivity index (χ4n) is 3.49. The van der Waals surface area contributed by atoms with Gasteiger partial charge < -0.3 is 9.32 Å². The Morgan fingerprint density at radius 2 is 2.04 bits per heavy atom. The van der Waals surface area contributed by atoms with Crippen molar-refractivity contribution in [3.05, 3.63) is 40.0 Å². The normalized spacial score (nSPS) is 18.4. The molecule has 6 nitrogen and oxygen atoms in total. The van der Waals surface area contributed by atoms with E-state index >= 15 is 0 Å². The molecule has 9 heteroatoms. The van der Waals surface area contributed by atoms with Gasteiger partial charge in [-0.2, -0.15) is 5.10 Å². The van der Waals surface area contributed by atoms with Crippen LogP contribution in [0.4, 0.5) is 8.78 Å². The summed E-state index contributed by atoms with van der Waals surface area (Å²) in [6.07, 6.45) is 0.903. The summed E-state index contributed by atoms with van der Waals surface area (Å²) in [5.74, 6) is 1.05. The van der Waals surface area contributed by atoms with Crippen LogP contribution in [0.5, 0.6) is 0 Å². The number of hydrogen-bond donors (Lipinski definition) is 0. The van der Waals surface area contributed by atoms with Gasteiger partial charge in [0.1, 0.15) is 18.0 Å². The highest BCUT2D eigenvalue weighted by atomic mass is 79.9. The molecular weight excluding hydrogens is 422 g/mol. The SMILES string of the molecule is O=C(Cn1nc(C(F)F)c(Br)c1C1CC1)N1CCN(Cc2ccco2)CC1. The number of amides is 1. The molecule has 0 aromatic carbocycles. The molecule has 1 saturated heterocycles. The zero-order chi connectivity index (χ0) is 19.0. The second-order valence-electron chi connectivity index (χ2n) is 7.05. The van der Waals surface area contributed by atoms with Gasteiger partial charge in [-0.05, 0) is 40.9 Å². The fourth-order valence-corrected chi connectivity index (χ4v) is 4.27. The maximum Gasteiger partial charge on any atom is 0.283 e. The number of halogens is 3. The van der Waals surface area contributed by atoms with Gasteiger partial charge in [-0.1, -0.05) is 0 Å². The van der Waals surface area contributed by atoms with Gasteiger partial charge >= 0.3 is 0 Å². The molecule has 0 spiro atoms. The number of aromatic nitrogens is 2. The van der Waals surface area contributed by atoms with E-state index in [0.717, 1.165) is 43.9 Å². The molecule has 0 radical (unpaired) electrons. The molecule has 0 unspecified atom stereocenters. The van der Waals surface area contributed by atoms with Crippen molar-refractivity contribution >= 4 is 21.8 Å². The first-order chi connectivity index (χ1) is 13.0. The molecule has 1 amide bonds. The largest absolute Gasteiger partial charge is 0.468 e. The number of piperazine rings is 1. The lowest BCUT2D eigenvalue weighted by Gasteiger charge is -2.34. The average Bonchev–Trinajstić information content (AvgIpc) is 3.24. The molecule has 146 valence electrons. The third kappa shape index (κ3) is 4.08. The van der Waals surface area contributed by atoms with Crippen LogP contribution >= 0.6 is 15.9 Å². The fraction of sp³-hybridized carbons (Fsp3) is 0.556. The summed E-state index contributed by atoms with van der Waals surface area (Å²) in [4.78, 5) is 16.7. The molecular formula is C18H21BrF2N4O2. The van der Waals surface area contributed by atoms with Crippen LogP contribution in [-0.4, -0.2) is 51.7 Å². The topological polar surface area (TPSA) is 54.5 Å². The lowest BCUT2D eigenvalue weighted by Crippen LogP contribution is -2.49. The Balaban J connectivity index is 1.38. The summed E-state index contributed by atoms with van der Waals surface area (Å²) in [6, 6.07) is 3.80. The predicted molar refractivity (Wildman–Crippen MR) is 97.4 cm³/mol. The quantitative estimate of drug-likeness (QED) is 0.687. The first-order valence-electron chi connectivity index (χ1n) is 9.09. The van der Waals surface area contributed by atoms with Gasteiger partial charge in [0.15, 0.2) is 0 Å². The summed E-state index contributed by atoms with van der Waals surface area (Å²) in [5, 5.41) is 4.02. The molecule has 2 aromatic heterocycles.